The molecule has 0 radical (unpaired) electrons. The van der Waals surface area contributed by atoms with Crippen molar-refractivity contribution in [1.82, 2.24) is 9.88 Å². The maximum atomic E-state index is 14.1. The summed E-state index contributed by atoms with van der Waals surface area (Å²) in [6.45, 7) is 6.49. The lowest BCUT2D eigenvalue weighted by Gasteiger charge is -2.24. The minimum absolute atomic E-state index is 0. The second kappa shape index (κ2) is 11.9. The molecule has 0 spiro atoms. The number of amides is 1. The average molecular weight is 486 g/mol. The number of likely N-dealkylation sites (N-methyl/N-ethyl adjacent to an activating group) is 1. The molecule has 0 aliphatic rings. The first-order valence-electron chi connectivity index (χ1n) is 10.00. The summed E-state index contributed by atoms with van der Waals surface area (Å²) in [5, 5.41) is 0.311. The van der Waals surface area contributed by atoms with Crippen LogP contribution in [0.2, 0.25) is 0 Å². The van der Waals surface area contributed by atoms with Gasteiger partial charge in [0.05, 0.1) is 11.8 Å². The van der Waals surface area contributed by atoms with Crippen LogP contribution >= 0.6 is 23.7 Å². The smallest absolute Gasteiger partial charge is 0.266 e. The van der Waals surface area contributed by atoms with Crippen molar-refractivity contribution in [3.8, 4) is 11.5 Å². The van der Waals surface area contributed by atoms with Gasteiger partial charge < -0.3 is 14.4 Å². The van der Waals surface area contributed by atoms with Crippen LogP contribution in [0.5, 0.6) is 11.5 Å². The molecule has 1 aromatic heterocycles. The van der Waals surface area contributed by atoms with E-state index in [4.69, 9.17) is 9.47 Å². The number of ether oxygens (including phenoxy) is 2. The van der Waals surface area contributed by atoms with Gasteiger partial charge in [0.1, 0.15) is 22.8 Å². The SMILES string of the molecule is CCN(CC)CCN(C(=O)COc1cccc(OC)c1)c1nc2c(F)cc(F)cc2s1.Cl. The zero-order chi connectivity index (χ0) is 22.4. The predicted octanol–water partition coefficient (Wildman–Crippen LogP) is 4.76. The Bertz CT molecular complexity index is 1050. The number of fused-ring (bicyclic) bond motifs is 1. The molecule has 0 N–H and O–H groups in total. The van der Waals surface area contributed by atoms with Crippen molar-refractivity contribution in [3.05, 3.63) is 48.0 Å². The predicted molar refractivity (Wildman–Crippen MR) is 125 cm³/mol. The van der Waals surface area contributed by atoms with Gasteiger partial charge in [0, 0.05) is 25.2 Å². The maximum Gasteiger partial charge on any atom is 0.266 e. The third kappa shape index (κ3) is 6.27. The first kappa shape index (κ1) is 25.8. The van der Waals surface area contributed by atoms with Crippen LogP contribution in [0, 0.1) is 11.6 Å². The molecule has 0 fully saturated rings. The molecular weight excluding hydrogens is 460 g/mol. The summed E-state index contributed by atoms with van der Waals surface area (Å²) < 4.78 is 38.9. The molecule has 174 valence electrons. The number of halogens is 3. The van der Waals surface area contributed by atoms with Crippen molar-refractivity contribution in [3.63, 3.8) is 0 Å². The molecule has 0 unspecified atom stereocenters. The number of benzene rings is 2. The van der Waals surface area contributed by atoms with E-state index in [0.717, 1.165) is 30.5 Å². The summed E-state index contributed by atoms with van der Waals surface area (Å²) in [4.78, 5) is 21.0. The molecule has 32 heavy (non-hydrogen) atoms. The van der Waals surface area contributed by atoms with Gasteiger partial charge in [-0.05, 0) is 31.3 Å². The second-order valence-corrected chi connectivity index (χ2v) is 7.78. The van der Waals surface area contributed by atoms with E-state index < -0.39 is 11.6 Å². The molecule has 0 aliphatic heterocycles. The van der Waals surface area contributed by atoms with Crippen molar-refractivity contribution < 1.29 is 23.0 Å². The summed E-state index contributed by atoms with van der Waals surface area (Å²) >= 11 is 1.08. The van der Waals surface area contributed by atoms with E-state index in [1.54, 1.807) is 31.4 Å². The van der Waals surface area contributed by atoms with Gasteiger partial charge in [-0.25, -0.2) is 13.8 Å². The van der Waals surface area contributed by atoms with E-state index >= 15 is 0 Å². The number of methoxy groups -OCH3 is 1. The topological polar surface area (TPSA) is 54.9 Å². The fraction of sp³-hybridized carbons (Fsp3) is 0.364. The van der Waals surface area contributed by atoms with Crippen LogP contribution in [0.1, 0.15) is 13.8 Å². The quantitative estimate of drug-likeness (QED) is 0.414. The lowest BCUT2D eigenvalue weighted by Crippen LogP contribution is -2.41. The van der Waals surface area contributed by atoms with Crippen LogP contribution < -0.4 is 14.4 Å². The van der Waals surface area contributed by atoms with Crippen molar-refractivity contribution >= 4 is 45.0 Å². The Morgan fingerprint density at radius 3 is 2.50 bits per heavy atom. The number of thiazole rings is 1. The molecule has 6 nitrogen and oxygen atoms in total. The summed E-state index contributed by atoms with van der Waals surface area (Å²) in [5.41, 5.74) is 0.0516. The number of hydrogen-bond donors (Lipinski definition) is 0. The highest BCUT2D eigenvalue weighted by molar-refractivity contribution is 7.22. The van der Waals surface area contributed by atoms with Crippen LogP contribution in [-0.2, 0) is 4.79 Å². The number of hydrogen-bond acceptors (Lipinski definition) is 6. The number of aromatic nitrogens is 1. The Balaban J connectivity index is 0.00000363. The van der Waals surface area contributed by atoms with E-state index in [0.29, 0.717) is 34.4 Å². The van der Waals surface area contributed by atoms with Crippen LogP contribution in [-0.4, -0.2) is 55.7 Å². The minimum Gasteiger partial charge on any atom is -0.497 e. The molecule has 0 saturated heterocycles. The fourth-order valence-electron chi connectivity index (χ4n) is 3.08. The molecular formula is C22H26ClF2N3O3S. The summed E-state index contributed by atoms with van der Waals surface area (Å²) in [7, 11) is 1.55. The summed E-state index contributed by atoms with van der Waals surface area (Å²) in [6, 6.07) is 8.97. The lowest BCUT2D eigenvalue weighted by atomic mass is 10.3. The van der Waals surface area contributed by atoms with Crippen LogP contribution in [0.25, 0.3) is 10.2 Å². The molecule has 1 heterocycles. The van der Waals surface area contributed by atoms with Gasteiger partial charge in [0.15, 0.2) is 17.6 Å². The largest absolute Gasteiger partial charge is 0.497 e. The highest BCUT2D eigenvalue weighted by atomic mass is 35.5. The Morgan fingerprint density at radius 1 is 1.09 bits per heavy atom. The number of carbonyl (C=O) groups excluding carboxylic acids is 1. The molecule has 0 bridgehead atoms. The van der Waals surface area contributed by atoms with Crippen molar-refractivity contribution in [2.75, 3.05) is 44.8 Å². The first-order chi connectivity index (χ1) is 14.9. The summed E-state index contributed by atoms with van der Waals surface area (Å²) in [6.07, 6.45) is 0. The highest BCUT2D eigenvalue weighted by Gasteiger charge is 2.22. The maximum absolute atomic E-state index is 14.1. The van der Waals surface area contributed by atoms with Gasteiger partial charge in [-0.2, -0.15) is 0 Å². The van der Waals surface area contributed by atoms with Crippen LogP contribution in [0.15, 0.2) is 36.4 Å². The monoisotopic (exact) mass is 485 g/mol. The molecule has 0 aliphatic carbocycles. The van der Waals surface area contributed by atoms with Crippen molar-refractivity contribution in [1.29, 1.82) is 0 Å². The Kier molecular flexibility index (Phi) is 9.61. The Morgan fingerprint density at radius 2 is 1.81 bits per heavy atom. The molecule has 0 saturated carbocycles. The van der Waals surface area contributed by atoms with Gasteiger partial charge >= 0.3 is 0 Å². The van der Waals surface area contributed by atoms with Gasteiger partial charge in [-0.15, -0.1) is 12.4 Å². The Hall–Kier alpha value is -2.49. The third-order valence-corrected chi connectivity index (χ3v) is 5.90. The molecule has 3 aromatic rings. The van der Waals surface area contributed by atoms with Crippen molar-refractivity contribution in [2.24, 2.45) is 0 Å². The standard InChI is InChI=1S/C22H25F2N3O3S.ClH/c1-4-26(5-2)9-10-27(20(28)14-30-17-8-6-7-16(13-17)29-3)22-25-21-18(24)11-15(23)12-19(21)31-22;/h6-8,11-13H,4-5,9-10,14H2,1-3H3;1H. The van der Waals surface area contributed by atoms with Crippen LogP contribution in [0.4, 0.5) is 13.9 Å². The van der Waals surface area contributed by atoms with E-state index in [-0.39, 0.29) is 30.4 Å². The second-order valence-electron chi connectivity index (χ2n) is 6.77. The summed E-state index contributed by atoms with van der Waals surface area (Å²) in [5.74, 6) is -0.639. The van der Waals surface area contributed by atoms with Crippen molar-refractivity contribution in [2.45, 2.75) is 13.8 Å². The first-order valence-corrected chi connectivity index (χ1v) is 10.8. The number of rotatable bonds is 10. The van der Waals surface area contributed by atoms with Gasteiger partial charge in [0.25, 0.3) is 5.91 Å². The van der Waals surface area contributed by atoms with Crippen LogP contribution in [0.3, 0.4) is 0 Å². The third-order valence-electron chi connectivity index (χ3n) is 4.87. The van der Waals surface area contributed by atoms with E-state index in [1.807, 2.05) is 13.8 Å². The normalized spacial score (nSPS) is 10.8. The van der Waals surface area contributed by atoms with Gasteiger partial charge in [0.2, 0.25) is 0 Å². The minimum atomic E-state index is -0.749. The number of carbonyl (C=O) groups is 1. The van der Waals surface area contributed by atoms with Gasteiger partial charge in [-0.1, -0.05) is 31.3 Å². The van der Waals surface area contributed by atoms with E-state index in [9.17, 15) is 13.6 Å². The highest BCUT2D eigenvalue weighted by Crippen LogP contribution is 2.31. The van der Waals surface area contributed by atoms with E-state index in [2.05, 4.69) is 9.88 Å². The molecule has 10 heteroatoms. The molecule has 0 atom stereocenters. The molecule has 1 amide bonds. The van der Waals surface area contributed by atoms with E-state index in [1.165, 1.54) is 11.0 Å². The fourth-order valence-corrected chi connectivity index (χ4v) is 4.13. The average Bonchev–Trinajstić information content (AvgIpc) is 3.19. The Labute approximate surface area is 196 Å². The zero-order valence-corrected chi connectivity index (χ0v) is 19.8. The number of anilines is 1. The number of nitrogens with zero attached hydrogens (tertiary/aromatic N) is 3. The van der Waals surface area contributed by atoms with Gasteiger partial charge in [-0.3, -0.25) is 9.69 Å². The molecule has 2 aromatic carbocycles. The molecule has 3 rings (SSSR count). The zero-order valence-electron chi connectivity index (χ0n) is 18.1. The lowest BCUT2D eigenvalue weighted by molar-refractivity contribution is -0.120.